The molecule has 3 rings (SSSR count). The van der Waals surface area contributed by atoms with Crippen molar-refractivity contribution in [2.45, 2.75) is 44.7 Å². The van der Waals surface area contributed by atoms with E-state index in [2.05, 4.69) is 5.32 Å². The first-order chi connectivity index (χ1) is 19.5. The molecule has 0 aliphatic heterocycles. The quantitative estimate of drug-likeness (QED) is 0.321. The first-order valence-electron chi connectivity index (χ1n) is 13.1. The lowest BCUT2D eigenvalue weighted by atomic mass is 10.1. The van der Waals surface area contributed by atoms with Gasteiger partial charge in [-0.3, -0.25) is 13.9 Å². The molecular formula is C30H36FN3O6S. The van der Waals surface area contributed by atoms with Gasteiger partial charge in [-0.2, -0.15) is 0 Å². The molecule has 41 heavy (non-hydrogen) atoms. The van der Waals surface area contributed by atoms with Crippen molar-refractivity contribution in [3.05, 3.63) is 83.7 Å². The summed E-state index contributed by atoms with van der Waals surface area (Å²) in [6, 6.07) is 15.5. The van der Waals surface area contributed by atoms with E-state index in [1.807, 2.05) is 38.1 Å². The minimum Gasteiger partial charge on any atom is -0.493 e. The average molecular weight is 586 g/mol. The van der Waals surface area contributed by atoms with Gasteiger partial charge in [0.25, 0.3) is 10.0 Å². The van der Waals surface area contributed by atoms with Crippen LogP contribution < -0.4 is 19.1 Å². The van der Waals surface area contributed by atoms with Crippen LogP contribution in [-0.4, -0.2) is 58.5 Å². The number of ether oxygens (including phenoxy) is 2. The Labute approximate surface area is 240 Å². The molecule has 0 saturated heterocycles. The van der Waals surface area contributed by atoms with E-state index in [0.29, 0.717) is 18.7 Å². The lowest BCUT2D eigenvalue weighted by Gasteiger charge is -2.32. The van der Waals surface area contributed by atoms with Gasteiger partial charge >= 0.3 is 0 Å². The lowest BCUT2D eigenvalue weighted by molar-refractivity contribution is -0.139. The normalized spacial score (nSPS) is 11.9. The SMILES string of the molecule is CCCNC(=O)[C@@H](C)N(Cc1ccc(C)cc1)C(=O)CN(c1ccc(F)cc1)S(=O)(=O)c1ccc(OC)c(OC)c1. The number of carbonyl (C=O) groups excluding carboxylic acids is 2. The summed E-state index contributed by atoms with van der Waals surface area (Å²) in [6.45, 7) is 5.33. The van der Waals surface area contributed by atoms with E-state index in [1.54, 1.807) is 6.92 Å². The summed E-state index contributed by atoms with van der Waals surface area (Å²) in [5.41, 5.74) is 1.88. The van der Waals surface area contributed by atoms with Crippen molar-refractivity contribution in [1.29, 1.82) is 0 Å². The largest absolute Gasteiger partial charge is 0.493 e. The Hall–Kier alpha value is -4.12. The highest BCUT2D eigenvalue weighted by atomic mass is 32.2. The van der Waals surface area contributed by atoms with E-state index in [4.69, 9.17) is 9.47 Å². The molecule has 9 nitrogen and oxygen atoms in total. The van der Waals surface area contributed by atoms with Gasteiger partial charge in [-0.05, 0) is 62.2 Å². The molecule has 0 fully saturated rings. The van der Waals surface area contributed by atoms with Crippen molar-refractivity contribution in [3.63, 3.8) is 0 Å². The number of sulfonamides is 1. The van der Waals surface area contributed by atoms with Gasteiger partial charge in [0.15, 0.2) is 11.5 Å². The third-order valence-corrected chi connectivity index (χ3v) is 8.30. The van der Waals surface area contributed by atoms with Crippen molar-refractivity contribution in [3.8, 4) is 11.5 Å². The second kappa shape index (κ2) is 14.0. The number of rotatable bonds is 13. The van der Waals surface area contributed by atoms with Crippen LogP contribution in [-0.2, 0) is 26.2 Å². The number of hydrogen-bond acceptors (Lipinski definition) is 6. The van der Waals surface area contributed by atoms with Gasteiger partial charge in [-0.15, -0.1) is 0 Å². The van der Waals surface area contributed by atoms with Crippen LogP contribution in [0.2, 0.25) is 0 Å². The zero-order valence-electron chi connectivity index (χ0n) is 23.9. The van der Waals surface area contributed by atoms with E-state index in [0.717, 1.165) is 27.6 Å². The van der Waals surface area contributed by atoms with Crippen LogP contribution in [0.5, 0.6) is 11.5 Å². The van der Waals surface area contributed by atoms with Gasteiger partial charge in [0.2, 0.25) is 11.8 Å². The topological polar surface area (TPSA) is 105 Å². The molecule has 0 aliphatic rings. The maximum Gasteiger partial charge on any atom is 0.264 e. The molecule has 11 heteroatoms. The summed E-state index contributed by atoms with van der Waals surface area (Å²) in [5, 5.41) is 2.80. The standard InChI is InChI=1S/C30H36FN3O6S/c1-6-17-32-30(36)22(3)33(19-23-9-7-21(2)8-10-23)29(35)20-34(25-13-11-24(31)12-14-25)41(37,38)26-15-16-27(39-4)28(18-26)40-5/h7-16,18,22H,6,17,19-20H2,1-5H3,(H,32,36)/t22-/m1/s1. The molecule has 0 aromatic heterocycles. The van der Waals surface area contributed by atoms with Crippen molar-refractivity contribution in [2.24, 2.45) is 0 Å². The van der Waals surface area contributed by atoms with Crippen LogP contribution in [0.4, 0.5) is 10.1 Å². The van der Waals surface area contributed by atoms with Gasteiger partial charge in [0.05, 0.1) is 24.8 Å². The summed E-state index contributed by atoms with van der Waals surface area (Å²) in [7, 11) is -1.56. The predicted octanol–water partition coefficient (Wildman–Crippen LogP) is 4.29. The smallest absolute Gasteiger partial charge is 0.264 e. The maximum absolute atomic E-state index is 14.0. The third-order valence-electron chi connectivity index (χ3n) is 6.53. The number of hydrogen-bond donors (Lipinski definition) is 1. The second-order valence-corrected chi connectivity index (χ2v) is 11.3. The van der Waals surface area contributed by atoms with E-state index >= 15 is 0 Å². The van der Waals surface area contributed by atoms with Crippen LogP contribution in [0, 0.1) is 12.7 Å². The third kappa shape index (κ3) is 7.75. The molecule has 3 aromatic carbocycles. The van der Waals surface area contributed by atoms with Crippen molar-refractivity contribution in [2.75, 3.05) is 31.6 Å². The fraction of sp³-hybridized carbons (Fsp3) is 0.333. The zero-order valence-corrected chi connectivity index (χ0v) is 24.7. The lowest BCUT2D eigenvalue weighted by Crippen LogP contribution is -2.51. The summed E-state index contributed by atoms with van der Waals surface area (Å²) in [5.74, 6) is -1.03. The second-order valence-electron chi connectivity index (χ2n) is 9.48. The molecule has 0 heterocycles. The molecule has 0 aliphatic carbocycles. The fourth-order valence-electron chi connectivity index (χ4n) is 4.11. The minimum atomic E-state index is -4.36. The number of nitrogens with one attached hydrogen (secondary N) is 1. The Morgan fingerprint density at radius 2 is 1.59 bits per heavy atom. The van der Waals surface area contributed by atoms with Crippen molar-refractivity contribution >= 4 is 27.5 Å². The molecule has 220 valence electrons. The molecule has 2 amide bonds. The highest BCUT2D eigenvalue weighted by Gasteiger charge is 2.33. The zero-order chi connectivity index (χ0) is 30.2. The van der Waals surface area contributed by atoms with E-state index in [1.165, 1.54) is 49.5 Å². The number of benzene rings is 3. The highest BCUT2D eigenvalue weighted by Crippen LogP contribution is 2.32. The fourth-order valence-corrected chi connectivity index (χ4v) is 5.54. The molecule has 1 atom stereocenters. The van der Waals surface area contributed by atoms with Crippen LogP contribution in [0.15, 0.2) is 71.6 Å². The number of carbonyl (C=O) groups is 2. The molecule has 0 saturated carbocycles. The summed E-state index contributed by atoms with van der Waals surface area (Å²) >= 11 is 0. The van der Waals surface area contributed by atoms with Crippen molar-refractivity contribution < 1.29 is 31.9 Å². The first kappa shape index (κ1) is 31.4. The van der Waals surface area contributed by atoms with Crippen LogP contribution >= 0.6 is 0 Å². The molecule has 0 radical (unpaired) electrons. The number of nitrogens with zero attached hydrogens (tertiary/aromatic N) is 2. The van der Waals surface area contributed by atoms with Crippen LogP contribution in [0.3, 0.4) is 0 Å². The number of methoxy groups -OCH3 is 2. The minimum absolute atomic E-state index is 0.0768. The Kier molecular flexibility index (Phi) is 10.7. The van der Waals surface area contributed by atoms with Gasteiger partial charge in [0, 0.05) is 19.2 Å². The van der Waals surface area contributed by atoms with Crippen LogP contribution in [0.1, 0.15) is 31.4 Å². The predicted molar refractivity (Wildman–Crippen MR) is 155 cm³/mol. The van der Waals surface area contributed by atoms with Gasteiger partial charge in [-0.1, -0.05) is 36.8 Å². The summed E-state index contributed by atoms with van der Waals surface area (Å²) in [4.78, 5) is 28.0. The molecule has 1 N–H and O–H groups in total. The molecule has 0 bridgehead atoms. The number of anilines is 1. The average Bonchev–Trinajstić information content (AvgIpc) is 2.97. The Bertz CT molecular complexity index is 1450. The van der Waals surface area contributed by atoms with E-state index < -0.39 is 34.3 Å². The number of amides is 2. The van der Waals surface area contributed by atoms with Gasteiger partial charge < -0.3 is 19.7 Å². The Morgan fingerprint density at radius 1 is 0.951 bits per heavy atom. The summed E-state index contributed by atoms with van der Waals surface area (Å²) in [6.07, 6.45) is 0.715. The molecular weight excluding hydrogens is 549 g/mol. The van der Waals surface area contributed by atoms with E-state index in [-0.39, 0.29) is 28.8 Å². The first-order valence-corrected chi connectivity index (χ1v) is 14.6. The van der Waals surface area contributed by atoms with E-state index in [9.17, 15) is 22.4 Å². The molecule has 0 unspecified atom stereocenters. The summed E-state index contributed by atoms with van der Waals surface area (Å²) < 4.78 is 53.1. The van der Waals surface area contributed by atoms with Gasteiger partial charge in [-0.25, -0.2) is 12.8 Å². The van der Waals surface area contributed by atoms with Gasteiger partial charge in [0.1, 0.15) is 18.4 Å². The highest BCUT2D eigenvalue weighted by molar-refractivity contribution is 7.92. The monoisotopic (exact) mass is 585 g/mol. The Morgan fingerprint density at radius 3 is 2.17 bits per heavy atom. The maximum atomic E-state index is 14.0. The number of aryl methyl sites for hydroxylation is 1. The van der Waals surface area contributed by atoms with Crippen molar-refractivity contribution in [1.82, 2.24) is 10.2 Å². The molecule has 0 spiro atoms. The molecule has 3 aromatic rings. The Balaban J connectivity index is 2.05. The number of halogens is 1. The van der Waals surface area contributed by atoms with Crippen LogP contribution in [0.25, 0.3) is 0 Å².